The van der Waals surface area contributed by atoms with Crippen LogP contribution in [0.2, 0.25) is 14.8 Å². The van der Waals surface area contributed by atoms with Crippen LogP contribution in [0.4, 0.5) is 0 Å². The second-order valence-electron chi connectivity index (χ2n) is 15.1. The monoisotopic (exact) mass is 900 g/mol. The molecule has 15 heteroatoms. The summed E-state index contributed by atoms with van der Waals surface area (Å²) in [5.41, 5.74) is 6.60. The van der Waals surface area contributed by atoms with Crippen LogP contribution in [-0.2, 0) is 19.2 Å². The first-order valence-electron chi connectivity index (χ1n) is 20.5. The van der Waals surface area contributed by atoms with Crippen molar-refractivity contribution in [2.24, 2.45) is 22.0 Å². The van der Waals surface area contributed by atoms with Gasteiger partial charge in [-0.15, -0.1) is 0 Å². The van der Waals surface area contributed by atoms with Crippen LogP contribution in [0.1, 0.15) is 131 Å². The summed E-state index contributed by atoms with van der Waals surface area (Å²) < 4.78 is 7.34. The van der Waals surface area contributed by atoms with Crippen LogP contribution in [0.25, 0.3) is 0 Å². The predicted molar refractivity (Wildman–Crippen MR) is 231 cm³/mol. The van der Waals surface area contributed by atoms with Crippen molar-refractivity contribution in [3.63, 3.8) is 0 Å². The maximum Gasteiger partial charge on any atom is 0.317 e. The molecule has 1 heterocycles. The number of rotatable bonds is 24. The molecule has 0 saturated carbocycles. The molecule has 56 heavy (non-hydrogen) atoms. The minimum atomic E-state index is -2.33. The van der Waals surface area contributed by atoms with Gasteiger partial charge < -0.3 is 15.3 Å². The minimum absolute atomic E-state index is 0.110. The fourth-order valence-electron chi connectivity index (χ4n) is 4.48. The zero-order valence-electron chi connectivity index (χ0n) is 36.2. The van der Waals surface area contributed by atoms with E-state index in [0.717, 1.165) is 50.1 Å². The number of carboxylic acid groups (broad SMARTS) is 3. The first kappa shape index (κ1) is 54.7. The number of carboxylic acids is 3. The Morgan fingerprint density at radius 3 is 2.02 bits per heavy atom. The number of unbranched alkanes of at least 4 members (excludes halogenated alkanes) is 4. The molecule has 0 aromatic heterocycles. The molecule has 0 radical (unpaired) electrons. The normalized spacial score (nSPS) is 12.7. The summed E-state index contributed by atoms with van der Waals surface area (Å²) in [5.74, 6) is -0.776. The number of hydrogen-bond acceptors (Lipinski definition) is 10. The van der Waals surface area contributed by atoms with Crippen molar-refractivity contribution in [1.82, 2.24) is 21.1 Å². The standard InChI is InChI=1S/C18H24N5O4.C13H27NO2.C4H10.C3H6O2.3CH3.Sn/c1-13(18(25)26)7-8-16(24)19-9-2-3-10-27-15-6-4-5-14(11-15)17-22-20-12-21-23-17;1-4-6-7-9-14(11-13(15)16)10-8-12(3)5-2;1-3-4-2;1-2-3(4)5;;;;/h5-6,11-13H,2-3,7-10H2,1H3,(H,19,24)(H,20,21)(H,22,23)(H,25,26);12H,4-11H2,1-3H3,(H,15,16);3-4H2,1-2H3;2H2,1H3,(H,4,5);3*1H3;. The van der Waals surface area contributed by atoms with E-state index in [-0.39, 0.29) is 25.3 Å². The van der Waals surface area contributed by atoms with Gasteiger partial charge in [-0.1, -0.05) is 80.6 Å². The van der Waals surface area contributed by atoms with Gasteiger partial charge in [-0.2, -0.15) is 0 Å². The summed E-state index contributed by atoms with van der Waals surface area (Å²) in [6, 6.07) is 6.25. The zero-order valence-corrected chi connectivity index (χ0v) is 39.1. The number of benzene rings is 1. The van der Waals surface area contributed by atoms with Crippen molar-refractivity contribution >= 4 is 57.9 Å². The Bertz CT molecular complexity index is 1300. The Morgan fingerprint density at radius 1 is 0.857 bits per heavy atom. The van der Waals surface area contributed by atoms with Gasteiger partial charge in [0.2, 0.25) is 0 Å². The first-order chi connectivity index (χ1) is 26.4. The van der Waals surface area contributed by atoms with E-state index in [0.29, 0.717) is 31.3 Å². The Kier molecular flexibility index (Phi) is 32.9. The van der Waals surface area contributed by atoms with Crippen LogP contribution in [-0.4, -0.2) is 107 Å². The number of nitrogens with zero attached hydrogens (tertiary/aromatic N) is 3. The smallest absolute Gasteiger partial charge is 0.317 e. The van der Waals surface area contributed by atoms with E-state index in [2.05, 4.69) is 92.8 Å². The fourth-order valence-corrected chi connectivity index (χ4v) is 7.80. The summed E-state index contributed by atoms with van der Waals surface area (Å²) in [6.07, 6.45) is 12.3. The molecular weight excluding hydrogens is 823 g/mol. The Morgan fingerprint density at radius 2 is 1.52 bits per heavy atom. The Labute approximate surface area is 341 Å². The second-order valence-corrected chi connectivity index (χ2v) is 29.6. The Balaban J connectivity index is 0. The molecule has 1 aliphatic rings. The molecule has 1 amide bonds. The van der Waals surface area contributed by atoms with Gasteiger partial charge in [0.1, 0.15) is 0 Å². The topological polar surface area (TPSA) is 202 Å². The van der Waals surface area contributed by atoms with Gasteiger partial charge in [0.25, 0.3) is 0 Å². The quantitative estimate of drug-likeness (QED) is 0.0457. The van der Waals surface area contributed by atoms with Crippen molar-refractivity contribution in [2.45, 2.75) is 140 Å². The van der Waals surface area contributed by atoms with E-state index in [9.17, 15) is 19.2 Å². The summed E-state index contributed by atoms with van der Waals surface area (Å²) in [5, 5.41) is 36.5. The van der Waals surface area contributed by atoms with Crippen LogP contribution in [0, 0.1) is 11.8 Å². The van der Waals surface area contributed by atoms with Gasteiger partial charge in [0, 0.05) is 6.42 Å². The van der Waals surface area contributed by atoms with Crippen LogP contribution in [0.3, 0.4) is 0 Å². The first-order valence-corrected chi connectivity index (χ1v) is 30.5. The number of nitrogens with one attached hydrogen (secondary N) is 3. The third-order valence-corrected chi connectivity index (χ3v) is 14.5. The van der Waals surface area contributed by atoms with E-state index in [4.69, 9.17) is 20.1 Å². The van der Waals surface area contributed by atoms with Crippen molar-refractivity contribution < 1.29 is 39.2 Å². The van der Waals surface area contributed by atoms with Crippen molar-refractivity contribution in [3.05, 3.63) is 23.8 Å². The van der Waals surface area contributed by atoms with E-state index in [1.807, 2.05) is 6.07 Å². The van der Waals surface area contributed by atoms with E-state index in [1.54, 1.807) is 13.8 Å². The molecule has 2 atom stereocenters. The molecule has 2 unspecified atom stereocenters. The molecule has 1 aliphatic heterocycles. The molecule has 6 N–H and O–H groups in total. The van der Waals surface area contributed by atoms with E-state index >= 15 is 0 Å². The molecule has 2 rings (SSSR count). The number of hydrogen-bond donors (Lipinski definition) is 6. The van der Waals surface area contributed by atoms with Crippen molar-refractivity contribution in [2.75, 3.05) is 32.8 Å². The number of aliphatic carboxylic acids is 3. The third kappa shape index (κ3) is 30.8. The largest absolute Gasteiger partial charge is 0.481 e. The fraction of sp³-hybridized carbons (Fsp3) is 0.707. The molecule has 14 nitrogen and oxygen atoms in total. The predicted octanol–water partition coefficient (Wildman–Crippen LogP) is 7.09. The average Bonchev–Trinajstić information content (AvgIpc) is 3.17. The van der Waals surface area contributed by atoms with E-state index < -0.39 is 42.2 Å². The number of hydrazone groups is 2. The summed E-state index contributed by atoms with van der Waals surface area (Å²) >= 11 is -2.33. The molecule has 0 fully saturated rings. The molecule has 1 aromatic rings. The van der Waals surface area contributed by atoms with Crippen LogP contribution < -0.4 is 24.5 Å². The summed E-state index contributed by atoms with van der Waals surface area (Å²) in [4.78, 5) is 51.8. The summed E-state index contributed by atoms with van der Waals surface area (Å²) in [6.45, 7) is 17.3. The molecule has 0 saturated heterocycles. The second kappa shape index (κ2) is 33.7. The molecule has 0 spiro atoms. The molecule has 0 aliphatic carbocycles. The third-order valence-electron chi connectivity index (χ3n) is 8.78. The number of ether oxygens (including phenoxy) is 1. The van der Waals surface area contributed by atoms with Crippen LogP contribution in [0.15, 0.2) is 28.4 Å². The summed E-state index contributed by atoms with van der Waals surface area (Å²) in [7, 11) is 0. The SMILES string of the molecule is CC(CCC(=O)NCCCCOc1cc(C2=NNC=NN2)c[c]([Sn]([CH3])([CH3])[CH3])c1)C(=O)O.CCC(=O)O.CCCC.CCCCCN(CCC(C)CC)CC(=O)O. The zero-order chi connectivity index (χ0) is 42.9. The van der Waals surface area contributed by atoms with Gasteiger partial charge in [-0.05, 0) is 31.8 Å². The average molecular weight is 900 g/mol. The maximum atomic E-state index is 11.8. The van der Waals surface area contributed by atoms with Crippen LogP contribution >= 0.6 is 0 Å². The maximum absolute atomic E-state index is 11.8. The Hall–Kier alpha value is -3.40. The van der Waals surface area contributed by atoms with Crippen molar-refractivity contribution in [1.29, 1.82) is 0 Å². The van der Waals surface area contributed by atoms with Gasteiger partial charge in [0.15, 0.2) is 0 Å². The van der Waals surface area contributed by atoms with Gasteiger partial charge in [0.05, 0.1) is 12.5 Å². The molecule has 1 aromatic carbocycles. The number of amides is 1. The number of carbonyl (C=O) groups excluding carboxylic acids is 1. The number of carbonyl (C=O) groups is 4. The molecule has 322 valence electrons. The van der Waals surface area contributed by atoms with Crippen LogP contribution in [0.5, 0.6) is 5.75 Å². The van der Waals surface area contributed by atoms with Gasteiger partial charge >= 0.3 is 177 Å². The minimum Gasteiger partial charge on any atom is -0.481 e. The number of amidine groups is 1. The molecule has 0 bridgehead atoms. The van der Waals surface area contributed by atoms with Gasteiger partial charge in [-0.25, -0.2) is 0 Å². The molecular formula is C41H76N6O8Sn. The van der Waals surface area contributed by atoms with Gasteiger partial charge in [-0.3, -0.25) is 19.3 Å². The van der Waals surface area contributed by atoms with E-state index in [1.165, 1.54) is 42.0 Å². The van der Waals surface area contributed by atoms with Crippen molar-refractivity contribution in [3.8, 4) is 5.75 Å².